The molecule has 1 heterocycles. The Morgan fingerprint density at radius 3 is 2.37 bits per heavy atom. The third-order valence-corrected chi connectivity index (χ3v) is 4.48. The first-order chi connectivity index (χ1) is 12.9. The molecular weight excluding hydrogens is 356 g/mol. The summed E-state index contributed by atoms with van der Waals surface area (Å²) < 4.78 is 32.4. The van der Waals surface area contributed by atoms with Crippen LogP contribution in [0.3, 0.4) is 0 Å². The van der Waals surface area contributed by atoms with E-state index in [-0.39, 0.29) is 12.8 Å². The maximum absolute atomic E-state index is 13.6. The zero-order valence-corrected chi connectivity index (χ0v) is 14.4. The van der Waals surface area contributed by atoms with E-state index in [1.165, 1.54) is 30.3 Å². The van der Waals surface area contributed by atoms with Crippen LogP contribution in [-0.2, 0) is 20.7 Å². The number of benzene rings is 2. The molecule has 2 N–H and O–H groups in total. The fourth-order valence-corrected chi connectivity index (χ4v) is 3.15. The third kappa shape index (κ3) is 4.89. The number of aliphatic carboxylic acids is 1. The van der Waals surface area contributed by atoms with Crippen molar-refractivity contribution >= 4 is 11.9 Å². The van der Waals surface area contributed by atoms with Gasteiger partial charge >= 0.3 is 5.97 Å². The van der Waals surface area contributed by atoms with Gasteiger partial charge in [0, 0.05) is 0 Å². The average Bonchev–Trinajstić information content (AvgIpc) is 3.12. The quantitative estimate of drug-likeness (QED) is 0.814. The van der Waals surface area contributed by atoms with Crippen molar-refractivity contribution in [2.24, 2.45) is 0 Å². The molecule has 0 radical (unpaired) electrons. The van der Waals surface area contributed by atoms with Gasteiger partial charge in [-0.3, -0.25) is 4.79 Å². The van der Waals surface area contributed by atoms with Gasteiger partial charge < -0.3 is 15.2 Å². The van der Waals surface area contributed by atoms with Crippen molar-refractivity contribution in [3.8, 4) is 0 Å². The Bertz CT molecular complexity index is 842. The van der Waals surface area contributed by atoms with Gasteiger partial charge in [-0.05, 0) is 54.7 Å². The summed E-state index contributed by atoms with van der Waals surface area (Å²) >= 11 is 0. The Balaban J connectivity index is 1.77. The molecule has 2 aromatic carbocycles. The van der Waals surface area contributed by atoms with Gasteiger partial charge in [0.1, 0.15) is 17.7 Å². The summed E-state index contributed by atoms with van der Waals surface area (Å²) in [7, 11) is 0. The number of nitrogens with one attached hydrogen (secondary N) is 1. The van der Waals surface area contributed by atoms with E-state index in [9.17, 15) is 18.4 Å². The summed E-state index contributed by atoms with van der Waals surface area (Å²) in [5.74, 6) is -2.43. The fraction of sp³-hybridized carbons (Fsp3) is 0.300. The highest BCUT2D eigenvalue weighted by atomic mass is 19.1. The Hall–Kier alpha value is -2.80. The van der Waals surface area contributed by atoms with Crippen LogP contribution in [0.4, 0.5) is 8.78 Å². The van der Waals surface area contributed by atoms with Gasteiger partial charge in [-0.1, -0.05) is 24.3 Å². The molecule has 1 aliphatic rings. The number of carbonyl (C=O) groups excluding carboxylic acids is 1. The fourth-order valence-electron chi connectivity index (χ4n) is 3.15. The molecule has 1 fully saturated rings. The smallest absolute Gasteiger partial charge is 0.332 e. The van der Waals surface area contributed by atoms with Crippen LogP contribution >= 0.6 is 0 Å². The summed E-state index contributed by atoms with van der Waals surface area (Å²) in [4.78, 5) is 23.5. The van der Waals surface area contributed by atoms with Crippen molar-refractivity contribution in [2.45, 2.75) is 37.5 Å². The normalized spacial score (nSPS) is 20.2. The first kappa shape index (κ1) is 19.0. The molecular formula is C20H19F2NO4. The molecule has 2 aromatic rings. The number of ether oxygens (including phenoxy) is 1. The summed E-state index contributed by atoms with van der Waals surface area (Å²) in [6.45, 7) is 0. The minimum absolute atomic E-state index is 0.252. The second-order valence-corrected chi connectivity index (χ2v) is 6.48. The lowest BCUT2D eigenvalue weighted by Gasteiger charge is -2.22. The van der Waals surface area contributed by atoms with E-state index < -0.39 is 41.8 Å². The van der Waals surface area contributed by atoms with E-state index in [1.807, 2.05) is 0 Å². The molecule has 1 amide bonds. The van der Waals surface area contributed by atoms with Gasteiger partial charge in [0.05, 0.1) is 6.04 Å². The number of carboxylic acids is 1. The van der Waals surface area contributed by atoms with Crippen molar-refractivity contribution in [3.63, 3.8) is 0 Å². The molecule has 1 aliphatic heterocycles. The molecule has 1 unspecified atom stereocenters. The highest BCUT2D eigenvalue weighted by Gasteiger charge is 2.35. The maximum atomic E-state index is 13.6. The molecule has 5 nitrogen and oxygen atoms in total. The molecule has 3 atom stereocenters. The largest absolute Gasteiger partial charge is 0.479 e. The molecule has 1 saturated heterocycles. The van der Waals surface area contributed by atoms with Crippen molar-refractivity contribution in [3.05, 3.63) is 71.3 Å². The lowest BCUT2D eigenvalue weighted by atomic mass is 9.98. The molecule has 0 saturated carbocycles. The van der Waals surface area contributed by atoms with Crippen molar-refractivity contribution in [1.82, 2.24) is 5.32 Å². The van der Waals surface area contributed by atoms with E-state index >= 15 is 0 Å². The van der Waals surface area contributed by atoms with Crippen LogP contribution in [0.15, 0.2) is 48.5 Å². The molecule has 7 heteroatoms. The predicted octanol–water partition coefficient (Wildman–Crippen LogP) is 3.00. The van der Waals surface area contributed by atoms with Gasteiger partial charge in [0.25, 0.3) is 0 Å². The first-order valence-corrected chi connectivity index (χ1v) is 8.61. The number of carboxylic acid groups (broad SMARTS) is 1. The van der Waals surface area contributed by atoms with Crippen LogP contribution < -0.4 is 5.32 Å². The summed E-state index contributed by atoms with van der Waals surface area (Å²) in [5.41, 5.74) is 1.17. The van der Waals surface area contributed by atoms with Crippen LogP contribution in [0, 0.1) is 11.6 Å². The monoisotopic (exact) mass is 375 g/mol. The van der Waals surface area contributed by atoms with Crippen LogP contribution in [-0.4, -0.2) is 29.2 Å². The highest BCUT2D eigenvalue weighted by Crippen LogP contribution is 2.24. The average molecular weight is 375 g/mol. The minimum Gasteiger partial charge on any atom is -0.479 e. The predicted molar refractivity (Wildman–Crippen MR) is 92.9 cm³/mol. The zero-order chi connectivity index (χ0) is 19.4. The number of halogens is 2. The van der Waals surface area contributed by atoms with Crippen LogP contribution in [0.5, 0.6) is 0 Å². The Kier molecular flexibility index (Phi) is 5.81. The Labute approximate surface area is 155 Å². The Morgan fingerprint density at radius 2 is 1.74 bits per heavy atom. The second-order valence-electron chi connectivity index (χ2n) is 6.48. The van der Waals surface area contributed by atoms with E-state index in [1.54, 1.807) is 18.2 Å². The number of carbonyl (C=O) groups is 2. The van der Waals surface area contributed by atoms with Gasteiger partial charge in [0.15, 0.2) is 6.10 Å². The molecule has 0 bridgehead atoms. The summed E-state index contributed by atoms with van der Waals surface area (Å²) in [6.07, 6.45) is -1.09. The van der Waals surface area contributed by atoms with Crippen molar-refractivity contribution < 1.29 is 28.2 Å². The molecule has 0 aliphatic carbocycles. The van der Waals surface area contributed by atoms with Crippen LogP contribution in [0.2, 0.25) is 0 Å². The lowest BCUT2D eigenvalue weighted by molar-refractivity contribution is -0.151. The zero-order valence-electron chi connectivity index (χ0n) is 14.4. The highest BCUT2D eigenvalue weighted by molar-refractivity contribution is 5.83. The number of hydrogen-bond donors (Lipinski definition) is 2. The van der Waals surface area contributed by atoms with Crippen molar-refractivity contribution in [2.75, 3.05) is 0 Å². The lowest BCUT2D eigenvalue weighted by Crippen LogP contribution is -2.38. The van der Waals surface area contributed by atoms with Gasteiger partial charge in [-0.2, -0.15) is 0 Å². The van der Waals surface area contributed by atoms with Crippen LogP contribution in [0.25, 0.3) is 0 Å². The molecule has 27 heavy (non-hydrogen) atoms. The molecule has 142 valence electrons. The SMILES string of the molecule is O=C(NC(Cc1cccc(F)c1)c1cccc(F)c1)[C@@H]1CC[C@H](C(=O)O)O1. The number of hydrogen-bond acceptors (Lipinski definition) is 3. The first-order valence-electron chi connectivity index (χ1n) is 8.61. The molecule has 0 aromatic heterocycles. The van der Waals surface area contributed by atoms with Crippen LogP contribution in [0.1, 0.15) is 30.0 Å². The van der Waals surface area contributed by atoms with Gasteiger partial charge in [0.2, 0.25) is 5.91 Å². The minimum atomic E-state index is -1.10. The topological polar surface area (TPSA) is 75.6 Å². The van der Waals surface area contributed by atoms with E-state index in [4.69, 9.17) is 9.84 Å². The van der Waals surface area contributed by atoms with Crippen molar-refractivity contribution in [1.29, 1.82) is 0 Å². The number of rotatable bonds is 6. The number of amides is 1. The van der Waals surface area contributed by atoms with E-state index in [0.29, 0.717) is 17.5 Å². The second kappa shape index (κ2) is 8.26. The van der Waals surface area contributed by atoms with E-state index in [0.717, 1.165) is 0 Å². The Morgan fingerprint density at radius 1 is 1.07 bits per heavy atom. The maximum Gasteiger partial charge on any atom is 0.332 e. The van der Waals surface area contributed by atoms with Gasteiger partial charge in [-0.15, -0.1) is 0 Å². The standard InChI is InChI=1S/C20H19F2NO4/c21-14-5-1-3-12(9-14)10-16(13-4-2-6-15(22)11-13)23-19(24)17-7-8-18(27-17)20(25)26/h1-6,9,11,16-18H,7-8,10H2,(H,23,24)(H,25,26)/t16?,17-,18+/m0/s1. The third-order valence-electron chi connectivity index (χ3n) is 4.48. The van der Waals surface area contributed by atoms with Gasteiger partial charge in [-0.25, -0.2) is 13.6 Å². The molecule has 3 rings (SSSR count). The summed E-state index contributed by atoms with van der Waals surface area (Å²) in [5, 5.41) is 11.8. The summed E-state index contributed by atoms with van der Waals surface area (Å²) in [6, 6.07) is 11.1. The molecule has 0 spiro atoms. The van der Waals surface area contributed by atoms with E-state index in [2.05, 4.69) is 5.32 Å².